The Kier molecular flexibility index (Phi) is 1.92. The van der Waals surface area contributed by atoms with Crippen LogP contribution in [-0.4, -0.2) is 19.9 Å². The standard InChI is InChI=1S/C9H9NO4/c1-12-9(11)5-2-3-6-8(7(5)10)14-4-13-6/h2-3H,4,10H2,1H3. The van der Waals surface area contributed by atoms with E-state index in [1.165, 1.54) is 7.11 Å². The summed E-state index contributed by atoms with van der Waals surface area (Å²) in [5, 5.41) is 0. The Balaban J connectivity index is 2.50. The number of fused-ring (bicyclic) bond motifs is 1. The van der Waals surface area contributed by atoms with Gasteiger partial charge in [-0.2, -0.15) is 0 Å². The van der Waals surface area contributed by atoms with Crippen LogP contribution in [0, 0.1) is 0 Å². The van der Waals surface area contributed by atoms with E-state index in [4.69, 9.17) is 15.2 Å². The van der Waals surface area contributed by atoms with Gasteiger partial charge in [-0.3, -0.25) is 0 Å². The fourth-order valence-corrected chi connectivity index (χ4v) is 1.28. The van der Waals surface area contributed by atoms with Gasteiger partial charge in [-0.25, -0.2) is 4.79 Å². The molecule has 0 saturated heterocycles. The summed E-state index contributed by atoms with van der Waals surface area (Å²) in [6.45, 7) is 0.129. The summed E-state index contributed by atoms with van der Waals surface area (Å²) in [7, 11) is 1.30. The van der Waals surface area contributed by atoms with Crippen molar-refractivity contribution < 1.29 is 19.0 Å². The van der Waals surface area contributed by atoms with Crippen LogP contribution in [0.3, 0.4) is 0 Å². The number of hydrogen-bond acceptors (Lipinski definition) is 5. The minimum absolute atomic E-state index is 0.129. The van der Waals surface area contributed by atoms with Crippen LogP contribution in [0.5, 0.6) is 11.5 Å². The first-order valence-electron chi connectivity index (χ1n) is 4.00. The van der Waals surface area contributed by atoms with Crippen LogP contribution in [0.1, 0.15) is 10.4 Å². The van der Waals surface area contributed by atoms with Crippen molar-refractivity contribution in [3.05, 3.63) is 17.7 Å². The fraction of sp³-hybridized carbons (Fsp3) is 0.222. The monoisotopic (exact) mass is 195 g/mol. The highest BCUT2D eigenvalue weighted by atomic mass is 16.7. The number of nitrogen functional groups attached to an aromatic ring is 1. The van der Waals surface area contributed by atoms with Crippen molar-refractivity contribution in [2.24, 2.45) is 0 Å². The van der Waals surface area contributed by atoms with Crippen LogP contribution in [0.25, 0.3) is 0 Å². The van der Waals surface area contributed by atoms with Gasteiger partial charge in [-0.05, 0) is 12.1 Å². The number of esters is 1. The highest BCUT2D eigenvalue weighted by Crippen LogP contribution is 2.39. The lowest BCUT2D eigenvalue weighted by Crippen LogP contribution is -2.05. The first-order valence-corrected chi connectivity index (χ1v) is 4.00. The van der Waals surface area contributed by atoms with Crippen molar-refractivity contribution in [3.8, 4) is 11.5 Å². The number of anilines is 1. The van der Waals surface area contributed by atoms with E-state index < -0.39 is 5.97 Å². The molecular weight excluding hydrogens is 186 g/mol. The van der Waals surface area contributed by atoms with Gasteiger partial charge in [-0.1, -0.05) is 0 Å². The van der Waals surface area contributed by atoms with Crippen molar-refractivity contribution >= 4 is 11.7 Å². The maximum atomic E-state index is 11.2. The third kappa shape index (κ3) is 1.14. The third-order valence-corrected chi connectivity index (χ3v) is 1.98. The smallest absolute Gasteiger partial charge is 0.340 e. The second-order valence-corrected chi connectivity index (χ2v) is 2.75. The summed E-state index contributed by atoms with van der Waals surface area (Å²) in [6, 6.07) is 3.18. The molecule has 0 saturated carbocycles. The average Bonchev–Trinajstić information content (AvgIpc) is 2.66. The van der Waals surface area contributed by atoms with Gasteiger partial charge in [0.2, 0.25) is 6.79 Å². The number of hydrogen-bond donors (Lipinski definition) is 1. The Morgan fingerprint density at radius 1 is 1.50 bits per heavy atom. The molecule has 1 aromatic carbocycles. The summed E-state index contributed by atoms with van der Waals surface area (Å²) in [5.41, 5.74) is 6.25. The molecule has 0 amide bonds. The van der Waals surface area contributed by atoms with Crippen molar-refractivity contribution in [2.45, 2.75) is 0 Å². The Hall–Kier alpha value is -1.91. The van der Waals surface area contributed by atoms with Crippen LogP contribution in [0.4, 0.5) is 5.69 Å². The van der Waals surface area contributed by atoms with Crippen LogP contribution in [0.2, 0.25) is 0 Å². The first kappa shape index (κ1) is 8.68. The third-order valence-electron chi connectivity index (χ3n) is 1.98. The van der Waals surface area contributed by atoms with E-state index in [1.807, 2.05) is 0 Å². The lowest BCUT2D eigenvalue weighted by atomic mass is 10.1. The van der Waals surface area contributed by atoms with E-state index in [0.29, 0.717) is 11.5 Å². The van der Waals surface area contributed by atoms with Gasteiger partial charge in [0.1, 0.15) is 0 Å². The quantitative estimate of drug-likeness (QED) is 0.529. The van der Waals surface area contributed by atoms with E-state index in [2.05, 4.69) is 4.74 Å². The van der Waals surface area contributed by atoms with E-state index in [0.717, 1.165) is 0 Å². The van der Waals surface area contributed by atoms with Crippen LogP contribution >= 0.6 is 0 Å². The Labute approximate surface area is 80.4 Å². The molecule has 1 heterocycles. The van der Waals surface area contributed by atoms with Crippen LogP contribution in [0.15, 0.2) is 12.1 Å². The Morgan fingerprint density at radius 3 is 3.00 bits per heavy atom. The van der Waals surface area contributed by atoms with Crippen LogP contribution < -0.4 is 15.2 Å². The number of benzene rings is 1. The summed E-state index contributed by atoms with van der Waals surface area (Å²) in [6.07, 6.45) is 0. The molecule has 1 aromatic rings. The molecule has 5 nitrogen and oxygen atoms in total. The molecule has 1 aliphatic heterocycles. The molecule has 14 heavy (non-hydrogen) atoms. The minimum atomic E-state index is -0.485. The molecule has 0 unspecified atom stereocenters. The number of carbonyl (C=O) groups is 1. The van der Waals surface area contributed by atoms with Crippen molar-refractivity contribution in [3.63, 3.8) is 0 Å². The van der Waals surface area contributed by atoms with E-state index >= 15 is 0 Å². The number of nitrogens with two attached hydrogens (primary N) is 1. The molecule has 5 heteroatoms. The number of carbonyl (C=O) groups excluding carboxylic acids is 1. The van der Waals surface area contributed by atoms with E-state index in [1.54, 1.807) is 12.1 Å². The molecule has 0 aliphatic carbocycles. The fourth-order valence-electron chi connectivity index (χ4n) is 1.28. The van der Waals surface area contributed by atoms with Crippen molar-refractivity contribution in [1.82, 2.24) is 0 Å². The predicted molar refractivity (Wildman–Crippen MR) is 48.3 cm³/mol. The SMILES string of the molecule is COC(=O)c1ccc2c(c1N)OCO2. The number of methoxy groups -OCH3 is 1. The number of ether oxygens (including phenoxy) is 3. The maximum absolute atomic E-state index is 11.2. The Bertz CT molecular complexity index is 389. The lowest BCUT2D eigenvalue weighted by molar-refractivity contribution is 0.0601. The molecule has 0 bridgehead atoms. The van der Waals surface area contributed by atoms with Crippen molar-refractivity contribution in [1.29, 1.82) is 0 Å². The average molecular weight is 195 g/mol. The van der Waals surface area contributed by atoms with Gasteiger partial charge in [0, 0.05) is 0 Å². The van der Waals surface area contributed by atoms with Gasteiger partial charge in [0.25, 0.3) is 0 Å². The zero-order valence-electron chi connectivity index (χ0n) is 7.57. The van der Waals surface area contributed by atoms with Crippen molar-refractivity contribution in [2.75, 3.05) is 19.6 Å². The molecular formula is C9H9NO4. The number of rotatable bonds is 1. The molecule has 74 valence electrons. The molecule has 2 N–H and O–H groups in total. The van der Waals surface area contributed by atoms with Gasteiger partial charge < -0.3 is 19.9 Å². The van der Waals surface area contributed by atoms with E-state index in [-0.39, 0.29) is 18.0 Å². The van der Waals surface area contributed by atoms with Gasteiger partial charge in [0.15, 0.2) is 11.5 Å². The zero-order valence-corrected chi connectivity index (χ0v) is 7.57. The normalized spacial score (nSPS) is 12.6. The van der Waals surface area contributed by atoms with Gasteiger partial charge >= 0.3 is 5.97 Å². The summed E-state index contributed by atoms with van der Waals surface area (Å²) in [5.74, 6) is 0.476. The maximum Gasteiger partial charge on any atom is 0.340 e. The largest absolute Gasteiger partial charge is 0.465 e. The summed E-state index contributed by atoms with van der Waals surface area (Å²) < 4.78 is 14.8. The minimum Gasteiger partial charge on any atom is -0.465 e. The van der Waals surface area contributed by atoms with Crippen LogP contribution in [-0.2, 0) is 4.74 Å². The van der Waals surface area contributed by atoms with Gasteiger partial charge in [-0.15, -0.1) is 0 Å². The lowest BCUT2D eigenvalue weighted by Gasteiger charge is -2.05. The second-order valence-electron chi connectivity index (χ2n) is 2.75. The summed E-state index contributed by atoms with van der Waals surface area (Å²) >= 11 is 0. The summed E-state index contributed by atoms with van der Waals surface area (Å²) in [4.78, 5) is 11.2. The molecule has 0 radical (unpaired) electrons. The van der Waals surface area contributed by atoms with E-state index in [9.17, 15) is 4.79 Å². The molecule has 0 aromatic heterocycles. The zero-order chi connectivity index (χ0) is 10.1. The molecule has 2 rings (SSSR count). The topological polar surface area (TPSA) is 70.8 Å². The highest BCUT2D eigenvalue weighted by molar-refractivity contribution is 5.97. The molecule has 0 fully saturated rings. The highest BCUT2D eigenvalue weighted by Gasteiger charge is 2.22. The Morgan fingerprint density at radius 2 is 2.29 bits per heavy atom. The molecule has 0 spiro atoms. The molecule has 1 aliphatic rings. The molecule has 0 atom stereocenters. The predicted octanol–water partition coefficient (Wildman–Crippen LogP) is 0.784. The van der Waals surface area contributed by atoms with Gasteiger partial charge in [0.05, 0.1) is 18.4 Å². The second kappa shape index (κ2) is 3.10. The first-order chi connectivity index (χ1) is 6.74.